The summed E-state index contributed by atoms with van der Waals surface area (Å²) in [6, 6.07) is 7.84. The third-order valence-electron chi connectivity index (χ3n) is 2.44. The number of rotatable bonds is 4. The van der Waals surface area contributed by atoms with Crippen LogP contribution in [0.25, 0.3) is 0 Å². The van der Waals surface area contributed by atoms with Crippen LogP contribution in [-0.2, 0) is 0 Å². The second kappa shape index (κ2) is 5.79. The minimum absolute atomic E-state index is 0.0427. The summed E-state index contributed by atoms with van der Waals surface area (Å²) in [4.78, 5) is 20.8. The maximum absolute atomic E-state index is 13.6. The lowest BCUT2D eigenvalue weighted by Gasteiger charge is -2.07. The number of nitro benzene ring substituents is 1. The van der Waals surface area contributed by atoms with Crippen LogP contribution in [0.3, 0.4) is 0 Å². The number of nitro groups is 1. The minimum atomic E-state index is -0.673. The van der Waals surface area contributed by atoms with E-state index in [2.05, 4.69) is 15.9 Å². The van der Waals surface area contributed by atoms with Crippen LogP contribution in [-0.4, -0.2) is 11.2 Å². The first-order valence-electron chi connectivity index (χ1n) is 5.38. The number of nitrogens with zero attached hydrogens (tertiary/aromatic N) is 1. The van der Waals surface area contributed by atoms with Crippen molar-refractivity contribution in [2.45, 2.75) is 0 Å². The fourth-order valence-corrected chi connectivity index (χ4v) is 1.87. The molecule has 0 radical (unpaired) electrons. The SMILES string of the molecule is O=Cc1cc(Oc2ccc(Br)cc2F)ccc1[N+](=O)[O-]. The monoisotopic (exact) mass is 339 g/mol. The van der Waals surface area contributed by atoms with E-state index >= 15 is 0 Å². The molecule has 0 amide bonds. The summed E-state index contributed by atoms with van der Waals surface area (Å²) in [6.07, 6.45) is 0.350. The van der Waals surface area contributed by atoms with Crippen LogP contribution in [0.4, 0.5) is 10.1 Å². The van der Waals surface area contributed by atoms with Gasteiger partial charge >= 0.3 is 0 Å². The Morgan fingerprint density at radius 1 is 1.25 bits per heavy atom. The third-order valence-corrected chi connectivity index (χ3v) is 2.94. The summed E-state index contributed by atoms with van der Waals surface area (Å²) in [7, 11) is 0. The third kappa shape index (κ3) is 3.00. The summed E-state index contributed by atoms with van der Waals surface area (Å²) in [5.74, 6) is -0.497. The Morgan fingerprint density at radius 3 is 2.60 bits per heavy atom. The molecular formula is C13H7BrFNO4. The van der Waals surface area contributed by atoms with E-state index in [-0.39, 0.29) is 22.7 Å². The largest absolute Gasteiger partial charge is 0.454 e. The van der Waals surface area contributed by atoms with Crippen LogP contribution in [0.5, 0.6) is 11.5 Å². The van der Waals surface area contributed by atoms with Crippen molar-refractivity contribution in [1.82, 2.24) is 0 Å². The standard InChI is InChI=1S/C13H7BrFNO4/c14-9-1-4-13(11(15)6-9)20-10-2-3-12(16(18)19)8(5-10)7-17/h1-7H. The van der Waals surface area contributed by atoms with E-state index in [0.29, 0.717) is 10.8 Å². The van der Waals surface area contributed by atoms with Crippen molar-refractivity contribution in [3.8, 4) is 11.5 Å². The molecule has 0 bridgehead atoms. The molecule has 20 heavy (non-hydrogen) atoms. The molecule has 0 aliphatic rings. The van der Waals surface area contributed by atoms with Crippen molar-refractivity contribution < 1.29 is 18.8 Å². The van der Waals surface area contributed by atoms with Gasteiger partial charge in [-0.1, -0.05) is 15.9 Å². The van der Waals surface area contributed by atoms with Crippen LogP contribution in [0.15, 0.2) is 40.9 Å². The van der Waals surface area contributed by atoms with Gasteiger partial charge in [-0.2, -0.15) is 0 Å². The molecule has 5 nitrogen and oxygen atoms in total. The van der Waals surface area contributed by atoms with E-state index < -0.39 is 10.7 Å². The number of benzene rings is 2. The second-order valence-corrected chi connectivity index (χ2v) is 4.69. The Kier molecular flexibility index (Phi) is 4.09. The lowest BCUT2D eigenvalue weighted by molar-refractivity contribution is -0.385. The highest BCUT2D eigenvalue weighted by Gasteiger charge is 2.15. The van der Waals surface area contributed by atoms with Gasteiger partial charge in [0.2, 0.25) is 0 Å². The van der Waals surface area contributed by atoms with E-state index in [1.807, 2.05) is 0 Å². The van der Waals surface area contributed by atoms with Crippen LogP contribution < -0.4 is 4.74 Å². The highest BCUT2D eigenvalue weighted by atomic mass is 79.9. The van der Waals surface area contributed by atoms with Crippen LogP contribution >= 0.6 is 15.9 Å². The van der Waals surface area contributed by atoms with Gasteiger partial charge in [0.1, 0.15) is 5.75 Å². The van der Waals surface area contributed by atoms with Crippen LogP contribution in [0.2, 0.25) is 0 Å². The number of hydrogen-bond acceptors (Lipinski definition) is 4. The summed E-state index contributed by atoms with van der Waals surface area (Å²) in [6.45, 7) is 0. The molecule has 0 aliphatic carbocycles. The number of halogens is 2. The zero-order valence-electron chi connectivity index (χ0n) is 9.88. The molecule has 2 aromatic rings. The van der Waals surface area contributed by atoms with Gasteiger partial charge in [0.25, 0.3) is 5.69 Å². The van der Waals surface area contributed by atoms with Crippen molar-refractivity contribution in [2.24, 2.45) is 0 Å². The quantitative estimate of drug-likeness (QED) is 0.477. The Hall–Kier alpha value is -2.28. The number of aldehydes is 1. The predicted molar refractivity (Wildman–Crippen MR) is 72.7 cm³/mol. The molecule has 0 spiro atoms. The maximum atomic E-state index is 13.6. The van der Waals surface area contributed by atoms with E-state index in [9.17, 15) is 19.3 Å². The predicted octanol–water partition coefficient (Wildman–Crippen LogP) is 4.10. The number of carbonyl (C=O) groups is 1. The molecule has 102 valence electrons. The van der Waals surface area contributed by atoms with Crippen LogP contribution in [0, 0.1) is 15.9 Å². The summed E-state index contributed by atoms with van der Waals surface area (Å²) < 4.78 is 19.4. The molecule has 0 saturated heterocycles. The first kappa shape index (κ1) is 14.1. The number of hydrogen-bond donors (Lipinski definition) is 0. The highest BCUT2D eigenvalue weighted by molar-refractivity contribution is 9.10. The van der Waals surface area contributed by atoms with Gasteiger partial charge in [-0.25, -0.2) is 4.39 Å². The molecule has 0 N–H and O–H groups in total. The molecule has 2 rings (SSSR count). The zero-order chi connectivity index (χ0) is 14.7. The van der Waals surface area contributed by atoms with Crippen LogP contribution in [0.1, 0.15) is 10.4 Å². The Balaban J connectivity index is 2.34. The molecule has 0 fully saturated rings. The van der Waals surface area contributed by atoms with Crippen molar-refractivity contribution in [3.05, 3.63) is 62.4 Å². The molecule has 0 aliphatic heterocycles. The van der Waals surface area contributed by atoms with Gasteiger partial charge in [0.05, 0.1) is 10.5 Å². The molecule has 0 saturated carbocycles. The molecule has 0 aromatic heterocycles. The lowest BCUT2D eigenvalue weighted by Crippen LogP contribution is -1.95. The Labute approximate surface area is 121 Å². The topological polar surface area (TPSA) is 69.4 Å². The molecular weight excluding hydrogens is 333 g/mol. The van der Waals surface area contributed by atoms with E-state index in [4.69, 9.17) is 4.74 Å². The Bertz CT molecular complexity index is 690. The highest BCUT2D eigenvalue weighted by Crippen LogP contribution is 2.29. The van der Waals surface area contributed by atoms with Crippen molar-refractivity contribution in [2.75, 3.05) is 0 Å². The van der Waals surface area contributed by atoms with Gasteiger partial charge in [-0.3, -0.25) is 14.9 Å². The van der Waals surface area contributed by atoms with Gasteiger partial charge in [-0.15, -0.1) is 0 Å². The van der Waals surface area contributed by atoms with Gasteiger partial charge in [0.15, 0.2) is 17.9 Å². The normalized spacial score (nSPS) is 10.1. The average Bonchev–Trinajstić information content (AvgIpc) is 2.41. The van der Waals surface area contributed by atoms with Crippen molar-refractivity contribution in [3.63, 3.8) is 0 Å². The molecule has 0 unspecified atom stereocenters. The number of ether oxygens (including phenoxy) is 1. The van der Waals surface area contributed by atoms with Crippen molar-refractivity contribution in [1.29, 1.82) is 0 Å². The molecule has 2 aromatic carbocycles. The van der Waals surface area contributed by atoms with E-state index in [1.54, 1.807) is 6.07 Å². The summed E-state index contributed by atoms with van der Waals surface area (Å²) in [5, 5.41) is 10.7. The minimum Gasteiger partial charge on any atom is -0.454 e. The Morgan fingerprint density at radius 2 is 2.00 bits per heavy atom. The van der Waals surface area contributed by atoms with Crippen molar-refractivity contribution >= 4 is 27.9 Å². The number of carbonyl (C=O) groups excluding carboxylic acids is 1. The fraction of sp³-hybridized carbons (Fsp3) is 0. The average molecular weight is 340 g/mol. The fourth-order valence-electron chi connectivity index (χ4n) is 1.54. The molecule has 0 atom stereocenters. The lowest BCUT2D eigenvalue weighted by atomic mass is 10.2. The van der Waals surface area contributed by atoms with Gasteiger partial charge in [-0.05, 0) is 30.3 Å². The van der Waals surface area contributed by atoms with E-state index in [0.717, 1.165) is 6.07 Å². The zero-order valence-corrected chi connectivity index (χ0v) is 11.5. The second-order valence-electron chi connectivity index (χ2n) is 3.77. The van der Waals surface area contributed by atoms with E-state index in [1.165, 1.54) is 24.3 Å². The smallest absolute Gasteiger partial charge is 0.280 e. The maximum Gasteiger partial charge on any atom is 0.280 e. The molecule has 7 heteroatoms. The van der Waals surface area contributed by atoms with Gasteiger partial charge < -0.3 is 4.74 Å². The molecule has 0 heterocycles. The first-order chi connectivity index (χ1) is 9.51. The summed E-state index contributed by atoms with van der Waals surface area (Å²) in [5.41, 5.74) is -0.464. The van der Waals surface area contributed by atoms with Gasteiger partial charge in [0, 0.05) is 10.5 Å². The first-order valence-corrected chi connectivity index (χ1v) is 6.17. The summed E-state index contributed by atoms with van der Waals surface area (Å²) >= 11 is 3.11.